The van der Waals surface area contributed by atoms with E-state index in [1.54, 1.807) is 7.11 Å². The first-order chi connectivity index (χ1) is 12.8. The average Bonchev–Trinajstić information content (AvgIpc) is 2.74. The van der Waals surface area contributed by atoms with Crippen LogP contribution in [0.2, 0.25) is 0 Å². The van der Waals surface area contributed by atoms with Gasteiger partial charge in [0.1, 0.15) is 5.75 Å². The zero-order valence-electron chi connectivity index (χ0n) is 15.4. The van der Waals surface area contributed by atoms with E-state index < -0.39 is 0 Å². The van der Waals surface area contributed by atoms with Gasteiger partial charge in [-0.15, -0.1) is 0 Å². The molecule has 4 rings (SSSR count). The molecule has 0 bridgehead atoms. The molecule has 2 aromatic rings. The predicted octanol–water partition coefficient (Wildman–Crippen LogP) is 3.51. The van der Waals surface area contributed by atoms with Crippen molar-refractivity contribution in [2.24, 2.45) is 0 Å². The van der Waals surface area contributed by atoms with Crippen molar-refractivity contribution in [2.45, 2.75) is 37.6 Å². The second-order valence-electron chi connectivity index (χ2n) is 7.24. The smallest absolute Gasteiger partial charge is 0.119 e. The summed E-state index contributed by atoms with van der Waals surface area (Å²) in [6.45, 7) is 4.08. The van der Waals surface area contributed by atoms with E-state index in [1.807, 2.05) is 30.6 Å². The van der Waals surface area contributed by atoms with Gasteiger partial charge < -0.3 is 9.47 Å². The first kappa shape index (κ1) is 17.4. The van der Waals surface area contributed by atoms with E-state index in [0.29, 0.717) is 12.0 Å². The molecule has 0 amide bonds. The molecule has 2 fully saturated rings. The van der Waals surface area contributed by atoms with Gasteiger partial charge in [0, 0.05) is 43.5 Å². The number of methoxy groups -OCH3 is 1. The number of hydrogen-bond donors (Lipinski definition) is 0. The fraction of sp³-hybridized carbons (Fsp3) is 0.524. The Hall–Kier alpha value is -1.98. The van der Waals surface area contributed by atoms with Crippen molar-refractivity contribution in [2.75, 3.05) is 33.4 Å². The molecule has 0 spiro atoms. The molecule has 1 aromatic heterocycles. The number of nitrogens with zero attached hydrogens (tertiary/aromatic N) is 3. The lowest BCUT2D eigenvalue weighted by Crippen LogP contribution is -2.44. The second-order valence-corrected chi connectivity index (χ2v) is 7.24. The minimum absolute atomic E-state index is 0.463. The lowest BCUT2D eigenvalue weighted by molar-refractivity contribution is 0.0237. The predicted molar refractivity (Wildman–Crippen MR) is 101 cm³/mol. The third-order valence-electron chi connectivity index (χ3n) is 5.60. The Morgan fingerprint density at radius 2 is 2.04 bits per heavy atom. The minimum Gasteiger partial charge on any atom is -0.497 e. The fourth-order valence-corrected chi connectivity index (χ4v) is 4.13. The van der Waals surface area contributed by atoms with E-state index in [1.165, 1.54) is 19.4 Å². The Bertz CT molecular complexity index is 731. The molecule has 0 radical (unpaired) electrons. The molecule has 2 aliphatic rings. The Balaban J connectivity index is 1.52. The summed E-state index contributed by atoms with van der Waals surface area (Å²) in [5.74, 6) is 1.31. The molecule has 3 heterocycles. The van der Waals surface area contributed by atoms with Crippen LogP contribution < -0.4 is 4.74 Å². The number of aromatic nitrogens is 2. The van der Waals surface area contributed by atoms with E-state index in [9.17, 15) is 0 Å². The Morgan fingerprint density at radius 1 is 1.15 bits per heavy atom. The zero-order valence-corrected chi connectivity index (χ0v) is 15.4. The quantitative estimate of drug-likeness (QED) is 0.842. The van der Waals surface area contributed by atoms with E-state index in [4.69, 9.17) is 14.5 Å². The van der Waals surface area contributed by atoms with Crippen LogP contribution in [0.15, 0.2) is 36.7 Å². The summed E-state index contributed by atoms with van der Waals surface area (Å²) in [6.07, 6.45) is 8.52. The van der Waals surface area contributed by atoms with Crippen LogP contribution >= 0.6 is 0 Å². The molecule has 2 aliphatic heterocycles. The summed E-state index contributed by atoms with van der Waals surface area (Å²) in [7, 11) is 1.69. The highest BCUT2D eigenvalue weighted by Gasteiger charge is 2.28. The molecule has 1 atom stereocenters. The van der Waals surface area contributed by atoms with Crippen molar-refractivity contribution >= 4 is 0 Å². The maximum Gasteiger partial charge on any atom is 0.119 e. The van der Waals surface area contributed by atoms with Crippen molar-refractivity contribution in [1.29, 1.82) is 0 Å². The lowest BCUT2D eigenvalue weighted by atomic mass is 9.92. The summed E-state index contributed by atoms with van der Waals surface area (Å²) in [4.78, 5) is 12.1. The van der Waals surface area contributed by atoms with E-state index >= 15 is 0 Å². The Kier molecular flexibility index (Phi) is 5.46. The largest absolute Gasteiger partial charge is 0.497 e. The normalized spacial score (nSPS) is 22.3. The molecule has 1 aromatic carbocycles. The molecule has 2 saturated heterocycles. The van der Waals surface area contributed by atoms with Gasteiger partial charge in [-0.3, -0.25) is 9.88 Å². The molecular weight excluding hydrogens is 326 g/mol. The number of ether oxygens (including phenoxy) is 2. The van der Waals surface area contributed by atoms with Crippen LogP contribution in [0.3, 0.4) is 0 Å². The fourth-order valence-electron chi connectivity index (χ4n) is 4.13. The minimum atomic E-state index is 0.463. The summed E-state index contributed by atoms with van der Waals surface area (Å²) in [5, 5.41) is 0. The monoisotopic (exact) mass is 353 g/mol. The van der Waals surface area contributed by atoms with Crippen molar-refractivity contribution in [3.05, 3.63) is 42.4 Å². The number of rotatable bonds is 4. The summed E-state index contributed by atoms with van der Waals surface area (Å²) < 4.78 is 10.9. The number of benzene rings is 1. The maximum atomic E-state index is 5.53. The van der Waals surface area contributed by atoms with Crippen LogP contribution in [0.25, 0.3) is 11.3 Å². The zero-order chi connectivity index (χ0) is 17.8. The van der Waals surface area contributed by atoms with Gasteiger partial charge in [-0.2, -0.15) is 0 Å². The van der Waals surface area contributed by atoms with Gasteiger partial charge in [0.15, 0.2) is 0 Å². The van der Waals surface area contributed by atoms with E-state index in [-0.39, 0.29) is 0 Å². The molecular formula is C21H27N3O2. The Morgan fingerprint density at radius 3 is 2.88 bits per heavy atom. The van der Waals surface area contributed by atoms with Gasteiger partial charge in [0.2, 0.25) is 0 Å². The third kappa shape index (κ3) is 3.89. The number of piperidine rings is 1. The molecule has 0 saturated carbocycles. The highest BCUT2D eigenvalue weighted by Crippen LogP contribution is 2.30. The van der Waals surface area contributed by atoms with Gasteiger partial charge in [0.25, 0.3) is 0 Å². The third-order valence-corrected chi connectivity index (χ3v) is 5.60. The highest BCUT2D eigenvalue weighted by atomic mass is 16.5. The SMILES string of the molecule is COc1cccc(-c2cncc(C3CCCN(C4CCOCC4)C3)n2)c1. The van der Waals surface area contributed by atoms with Gasteiger partial charge in [-0.25, -0.2) is 4.98 Å². The van der Waals surface area contributed by atoms with Crippen molar-refractivity contribution in [3.63, 3.8) is 0 Å². The van der Waals surface area contributed by atoms with Crippen molar-refractivity contribution < 1.29 is 9.47 Å². The van der Waals surface area contributed by atoms with Gasteiger partial charge in [-0.1, -0.05) is 12.1 Å². The van der Waals surface area contributed by atoms with Crippen LogP contribution in [0, 0.1) is 0 Å². The van der Waals surface area contributed by atoms with E-state index in [2.05, 4.69) is 16.0 Å². The van der Waals surface area contributed by atoms with Crippen LogP contribution in [0.5, 0.6) is 5.75 Å². The van der Waals surface area contributed by atoms with Crippen LogP contribution in [-0.4, -0.2) is 54.3 Å². The average molecular weight is 353 g/mol. The van der Waals surface area contributed by atoms with Crippen LogP contribution in [0.4, 0.5) is 0 Å². The van der Waals surface area contributed by atoms with Gasteiger partial charge in [0.05, 0.1) is 24.7 Å². The first-order valence-corrected chi connectivity index (χ1v) is 9.61. The van der Waals surface area contributed by atoms with Crippen LogP contribution in [0.1, 0.15) is 37.3 Å². The number of likely N-dealkylation sites (tertiary alicyclic amines) is 1. The van der Waals surface area contributed by atoms with E-state index in [0.717, 1.165) is 55.3 Å². The maximum absolute atomic E-state index is 5.53. The molecule has 5 heteroatoms. The van der Waals surface area contributed by atoms with Crippen LogP contribution in [-0.2, 0) is 4.74 Å². The molecule has 0 N–H and O–H groups in total. The first-order valence-electron chi connectivity index (χ1n) is 9.61. The highest BCUT2D eigenvalue weighted by molar-refractivity contribution is 5.60. The number of hydrogen-bond acceptors (Lipinski definition) is 5. The summed E-state index contributed by atoms with van der Waals surface area (Å²) >= 11 is 0. The lowest BCUT2D eigenvalue weighted by Gasteiger charge is -2.39. The molecule has 26 heavy (non-hydrogen) atoms. The molecule has 0 aliphatic carbocycles. The Labute approximate surface area is 155 Å². The summed E-state index contributed by atoms with van der Waals surface area (Å²) in [5.41, 5.74) is 3.09. The summed E-state index contributed by atoms with van der Waals surface area (Å²) in [6, 6.07) is 8.69. The molecule has 138 valence electrons. The van der Waals surface area contributed by atoms with Gasteiger partial charge >= 0.3 is 0 Å². The second kappa shape index (κ2) is 8.14. The standard InChI is InChI=1S/C21H27N3O2/c1-25-19-6-2-4-16(12-19)20-13-22-14-21(23-20)17-5-3-9-24(15-17)18-7-10-26-11-8-18/h2,4,6,12-14,17-18H,3,5,7-11,15H2,1H3. The molecule has 5 nitrogen and oxygen atoms in total. The van der Waals surface area contributed by atoms with Crippen molar-refractivity contribution in [1.82, 2.24) is 14.9 Å². The van der Waals surface area contributed by atoms with Crippen molar-refractivity contribution in [3.8, 4) is 17.0 Å². The molecule has 1 unspecified atom stereocenters. The van der Waals surface area contributed by atoms with Gasteiger partial charge in [-0.05, 0) is 44.4 Å². The topological polar surface area (TPSA) is 47.5 Å².